The number of esters is 1. The van der Waals surface area contributed by atoms with Gasteiger partial charge in [-0.2, -0.15) is 0 Å². The van der Waals surface area contributed by atoms with E-state index >= 15 is 0 Å². The number of nitrogens with one attached hydrogen (secondary N) is 1. The second kappa shape index (κ2) is 11.0. The van der Waals surface area contributed by atoms with Crippen LogP contribution >= 0.6 is 7.52 Å². The van der Waals surface area contributed by atoms with Gasteiger partial charge in [0.05, 0.1) is 6.10 Å². The molecule has 0 saturated heterocycles. The van der Waals surface area contributed by atoms with Crippen LogP contribution < -0.4 is 9.61 Å². The Balaban J connectivity index is 2.20. The standard InChI is InChI=1S/C22H28NO7P/c1-15(2)29-22(26)16(3)23-31(27,14-28-4)30-21-12-18(11-20(25)13-21)6-5-17-7-9-19(24)10-8-17/h5-13,15-16,24-25H,14H2,1-4H3,(H,23,27)/b6-5+/t16-,31?/m0/s1. The lowest BCUT2D eigenvalue weighted by Gasteiger charge is -2.23. The molecule has 0 aliphatic rings. The molecule has 0 aliphatic carbocycles. The summed E-state index contributed by atoms with van der Waals surface area (Å²) in [4.78, 5) is 12.1. The van der Waals surface area contributed by atoms with Gasteiger partial charge < -0.3 is 24.2 Å². The van der Waals surface area contributed by atoms with Crippen LogP contribution in [0.3, 0.4) is 0 Å². The molecule has 0 saturated carbocycles. The lowest BCUT2D eigenvalue weighted by molar-refractivity contribution is -0.149. The average molecular weight is 449 g/mol. The predicted octanol–water partition coefficient (Wildman–Crippen LogP) is 4.37. The topological polar surface area (TPSA) is 114 Å². The highest BCUT2D eigenvalue weighted by Crippen LogP contribution is 2.44. The normalized spacial score (nSPS) is 14.4. The van der Waals surface area contributed by atoms with Gasteiger partial charge in [0.25, 0.3) is 0 Å². The van der Waals surface area contributed by atoms with E-state index in [0.717, 1.165) is 5.56 Å². The van der Waals surface area contributed by atoms with Gasteiger partial charge in [0.2, 0.25) is 0 Å². The summed E-state index contributed by atoms with van der Waals surface area (Å²) in [6.07, 6.45) is 2.92. The van der Waals surface area contributed by atoms with Crippen molar-refractivity contribution in [2.45, 2.75) is 32.9 Å². The van der Waals surface area contributed by atoms with E-state index in [1.165, 1.54) is 26.2 Å². The Morgan fingerprint density at radius 3 is 2.29 bits per heavy atom. The Labute approximate surface area is 182 Å². The van der Waals surface area contributed by atoms with Gasteiger partial charge in [-0.25, -0.2) is 5.09 Å². The van der Waals surface area contributed by atoms with Gasteiger partial charge in [-0.1, -0.05) is 24.3 Å². The molecule has 0 spiro atoms. The monoisotopic (exact) mass is 449 g/mol. The van der Waals surface area contributed by atoms with Crippen molar-refractivity contribution in [3.63, 3.8) is 0 Å². The van der Waals surface area contributed by atoms with Crippen molar-refractivity contribution in [2.24, 2.45) is 0 Å². The number of phenolic OH excluding ortho intramolecular Hbond substituents is 2. The number of benzene rings is 2. The third-order valence-corrected chi connectivity index (χ3v) is 5.81. The summed E-state index contributed by atoms with van der Waals surface area (Å²) in [7, 11) is -2.29. The van der Waals surface area contributed by atoms with E-state index in [-0.39, 0.29) is 29.7 Å². The van der Waals surface area contributed by atoms with Crippen molar-refractivity contribution in [1.82, 2.24) is 5.09 Å². The Bertz CT molecular complexity index is 957. The van der Waals surface area contributed by atoms with Gasteiger partial charge in [-0.05, 0) is 56.2 Å². The summed E-state index contributed by atoms with van der Waals surface area (Å²) in [5.41, 5.74) is 1.44. The fraction of sp³-hybridized carbons (Fsp3) is 0.318. The molecular weight excluding hydrogens is 421 g/mol. The minimum absolute atomic E-state index is 0.0842. The third-order valence-electron chi connectivity index (χ3n) is 3.92. The van der Waals surface area contributed by atoms with Crippen LogP contribution in [0.2, 0.25) is 0 Å². The van der Waals surface area contributed by atoms with Gasteiger partial charge in [-0.3, -0.25) is 9.36 Å². The molecule has 3 N–H and O–H groups in total. The fourth-order valence-electron chi connectivity index (χ4n) is 2.64. The summed E-state index contributed by atoms with van der Waals surface area (Å²) < 4.78 is 29.0. The molecule has 31 heavy (non-hydrogen) atoms. The van der Waals surface area contributed by atoms with Crippen molar-refractivity contribution in [1.29, 1.82) is 0 Å². The van der Waals surface area contributed by atoms with Gasteiger partial charge in [0.15, 0.2) is 0 Å². The van der Waals surface area contributed by atoms with Crippen LogP contribution in [0.1, 0.15) is 31.9 Å². The van der Waals surface area contributed by atoms with Crippen LogP contribution in [0, 0.1) is 0 Å². The lowest BCUT2D eigenvalue weighted by Crippen LogP contribution is -2.36. The van der Waals surface area contributed by atoms with E-state index in [0.29, 0.717) is 5.56 Å². The molecule has 0 bridgehead atoms. The SMILES string of the molecule is COCP(=O)(N[C@@H](C)C(=O)OC(C)C)Oc1cc(O)cc(/C=C/c2ccc(O)cc2)c1. The minimum atomic E-state index is -3.65. The number of rotatable bonds is 10. The molecular formula is C22H28NO7P. The number of carbonyl (C=O) groups is 1. The maximum Gasteiger partial charge on any atom is 0.342 e. The molecule has 2 aromatic carbocycles. The Kier molecular flexibility index (Phi) is 8.68. The molecule has 2 atom stereocenters. The number of ether oxygens (including phenoxy) is 2. The van der Waals surface area contributed by atoms with Gasteiger partial charge in [0, 0.05) is 13.2 Å². The molecule has 8 nitrogen and oxygen atoms in total. The first-order valence-corrected chi connectivity index (χ1v) is 11.5. The zero-order chi connectivity index (χ0) is 23.0. The van der Waals surface area contributed by atoms with Crippen LogP contribution in [0.15, 0.2) is 42.5 Å². The van der Waals surface area contributed by atoms with E-state index < -0.39 is 19.5 Å². The molecule has 0 heterocycles. The quantitative estimate of drug-likeness (QED) is 0.278. The molecule has 0 aromatic heterocycles. The summed E-state index contributed by atoms with van der Waals surface area (Å²) in [5.74, 6) is -0.344. The molecule has 0 aliphatic heterocycles. The Hall–Kier alpha value is -2.80. The van der Waals surface area contributed by atoms with Crippen molar-refractivity contribution in [3.05, 3.63) is 53.6 Å². The fourth-order valence-corrected chi connectivity index (χ4v) is 4.31. The second-order valence-corrected chi connectivity index (χ2v) is 9.25. The Morgan fingerprint density at radius 1 is 1.03 bits per heavy atom. The zero-order valence-corrected chi connectivity index (χ0v) is 18.8. The number of carbonyl (C=O) groups excluding carboxylic acids is 1. The highest BCUT2D eigenvalue weighted by Gasteiger charge is 2.31. The third kappa shape index (κ3) is 8.09. The molecule has 2 rings (SSSR count). The molecule has 2 aromatic rings. The molecule has 1 unspecified atom stereocenters. The second-order valence-electron chi connectivity index (χ2n) is 7.20. The van der Waals surface area contributed by atoms with Crippen molar-refractivity contribution in [2.75, 3.05) is 13.5 Å². The number of aromatic hydroxyl groups is 2. The molecule has 9 heteroatoms. The van der Waals surface area contributed by atoms with E-state index in [1.807, 2.05) is 0 Å². The van der Waals surface area contributed by atoms with Crippen LogP contribution in [-0.4, -0.2) is 41.8 Å². The minimum Gasteiger partial charge on any atom is -0.508 e. The van der Waals surface area contributed by atoms with E-state index in [2.05, 4.69) is 5.09 Å². The predicted molar refractivity (Wildman–Crippen MR) is 119 cm³/mol. The zero-order valence-electron chi connectivity index (χ0n) is 17.9. The smallest absolute Gasteiger partial charge is 0.342 e. The number of hydrogen-bond donors (Lipinski definition) is 3. The first-order chi connectivity index (χ1) is 14.6. The maximum absolute atomic E-state index is 13.2. The average Bonchev–Trinajstić information content (AvgIpc) is 2.66. The van der Waals surface area contributed by atoms with Crippen molar-refractivity contribution < 1.29 is 33.6 Å². The van der Waals surface area contributed by atoms with E-state index in [4.69, 9.17) is 14.0 Å². The first kappa shape index (κ1) is 24.5. The summed E-state index contributed by atoms with van der Waals surface area (Å²) in [5, 5.41) is 22.1. The van der Waals surface area contributed by atoms with Gasteiger partial charge >= 0.3 is 13.5 Å². The molecule has 168 valence electrons. The van der Waals surface area contributed by atoms with Crippen LogP contribution in [0.25, 0.3) is 12.2 Å². The highest BCUT2D eigenvalue weighted by molar-refractivity contribution is 7.57. The van der Waals surface area contributed by atoms with Crippen LogP contribution in [-0.2, 0) is 18.8 Å². The van der Waals surface area contributed by atoms with Gasteiger partial charge in [0.1, 0.15) is 29.6 Å². The molecule has 0 radical (unpaired) electrons. The van der Waals surface area contributed by atoms with Crippen LogP contribution in [0.4, 0.5) is 0 Å². The Morgan fingerprint density at radius 2 is 1.68 bits per heavy atom. The van der Waals surface area contributed by atoms with E-state index in [9.17, 15) is 19.6 Å². The lowest BCUT2D eigenvalue weighted by atomic mass is 10.1. The number of hydrogen-bond acceptors (Lipinski definition) is 7. The van der Waals surface area contributed by atoms with Crippen molar-refractivity contribution >= 4 is 25.6 Å². The van der Waals surface area contributed by atoms with E-state index in [1.54, 1.807) is 56.3 Å². The molecule has 0 fully saturated rings. The summed E-state index contributed by atoms with van der Waals surface area (Å²) >= 11 is 0. The largest absolute Gasteiger partial charge is 0.508 e. The van der Waals surface area contributed by atoms with Gasteiger partial charge in [-0.15, -0.1) is 0 Å². The number of methoxy groups -OCH3 is 1. The maximum atomic E-state index is 13.2. The highest BCUT2D eigenvalue weighted by atomic mass is 31.2. The summed E-state index contributed by atoms with van der Waals surface area (Å²) in [6, 6.07) is 10.1. The summed E-state index contributed by atoms with van der Waals surface area (Å²) in [6.45, 7) is 4.95. The molecule has 0 amide bonds. The first-order valence-electron chi connectivity index (χ1n) is 9.67. The van der Waals surface area contributed by atoms with Crippen molar-refractivity contribution in [3.8, 4) is 17.2 Å². The van der Waals surface area contributed by atoms with Crippen LogP contribution in [0.5, 0.6) is 17.2 Å². The number of phenols is 2.